The maximum Gasteiger partial charge on any atom is 0.337 e. The zero-order valence-corrected chi connectivity index (χ0v) is 9.40. The van der Waals surface area contributed by atoms with Crippen molar-refractivity contribution < 1.29 is 9.90 Å². The highest BCUT2D eigenvalue weighted by molar-refractivity contribution is 6.33. The van der Waals surface area contributed by atoms with Crippen molar-refractivity contribution in [1.82, 2.24) is 4.57 Å². The van der Waals surface area contributed by atoms with Crippen LogP contribution in [-0.2, 0) is 7.05 Å². The van der Waals surface area contributed by atoms with Crippen LogP contribution in [0.1, 0.15) is 10.4 Å². The molecule has 1 N–H and O–H groups in total. The summed E-state index contributed by atoms with van der Waals surface area (Å²) < 4.78 is 1.71. The van der Waals surface area contributed by atoms with Crippen molar-refractivity contribution in [3.63, 3.8) is 0 Å². The minimum atomic E-state index is -0.949. The lowest BCUT2D eigenvalue weighted by atomic mass is 10.1. The summed E-state index contributed by atoms with van der Waals surface area (Å²) >= 11 is 6.04. The van der Waals surface area contributed by atoms with Gasteiger partial charge in [0.25, 0.3) is 0 Å². The van der Waals surface area contributed by atoms with Gasteiger partial charge < -0.3 is 9.67 Å². The molecule has 0 bridgehead atoms. The Bertz CT molecular complexity index is 546. The predicted molar refractivity (Wildman–Crippen MR) is 62.8 cm³/mol. The topological polar surface area (TPSA) is 42.2 Å². The number of benzene rings is 1. The van der Waals surface area contributed by atoms with Gasteiger partial charge in [0.2, 0.25) is 0 Å². The molecule has 16 heavy (non-hydrogen) atoms. The molecule has 0 aliphatic heterocycles. The second-order valence-electron chi connectivity index (χ2n) is 3.54. The lowest BCUT2D eigenvalue weighted by Crippen LogP contribution is -1.96. The molecule has 0 amide bonds. The van der Waals surface area contributed by atoms with E-state index in [1.807, 2.05) is 18.2 Å². The quantitative estimate of drug-likeness (QED) is 0.869. The molecule has 4 heteroatoms. The molecular formula is C12H10ClNO2. The zero-order chi connectivity index (χ0) is 11.7. The average Bonchev–Trinajstić information content (AvgIpc) is 2.61. The number of carboxylic acids is 1. The first-order chi connectivity index (χ1) is 7.59. The number of nitrogens with zero attached hydrogens (tertiary/aromatic N) is 1. The summed E-state index contributed by atoms with van der Waals surface area (Å²) in [4.78, 5) is 11.1. The molecule has 0 unspecified atom stereocenters. The van der Waals surface area contributed by atoms with Gasteiger partial charge in [-0.25, -0.2) is 4.79 Å². The van der Waals surface area contributed by atoms with E-state index >= 15 is 0 Å². The number of aryl methyl sites for hydroxylation is 1. The van der Waals surface area contributed by atoms with E-state index in [1.165, 1.54) is 0 Å². The second-order valence-corrected chi connectivity index (χ2v) is 3.94. The van der Waals surface area contributed by atoms with Crippen LogP contribution in [0.4, 0.5) is 0 Å². The first-order valence-electron chi connectivity index (χ1n) is 4.74. The molecule has 82 valence electrons. The highest BCUT2D eigenvalue weighted by atomic mass is 35.5. The Balaban J connectivity index is 2.64. The fourth-order valence-corrected chi connectivity index (χ4v) is 1.89. The Morgan fingerprint density at radius 1 is 1.25 bits per heavy atom. The molecule has 0 saturated heterocycles. The van der Waals surface area contributed by atoms with Gasteiger partial charge in [-0.15, -0.1) is 0 Å². The van der Waals surface area contributed by atoms with Crippen LogP contribution in [0, 0.1) is 0 Å². The van der Waals surface area contributed by atoms with Gasteiger partial charge in [-0.05, 0) is 6.07 Å². The SMILES string of the molecule is Cn1cc(C(=O)O)c(-c2ccccc2Cl)c1. The third-order valence-corrected chi connectivity index (χ3v) is 2.68. The maximum atomic E-state index is 11.1. The number of halogens is 1. The lowest BCUT2D eigenvalue weighted by Gasteiger charge is -2.02. The van der Waals surface area contributed by atoms with Crippen molar-refractivity contribution in [1.29, 1.82) is 0 Å². The van der Waals surface area contributed by atoms with Gasteiger partial charge in [-0.1, -0.05) is 29.8 Å². The molecule has 2 rings (SSSR count). The summed E-state index contributed by atoms with van der Waals surface area (Å²) in [6.07, 6.45) is 3.33. The number of rotatable bonds is 2. The molecule has 0 radical (unpaired) electrons. The fraction of sp³-hybridized carbons (Fsp3) is 0.0833. The summed E-state index contributed by atoms with van der Waals surface area (Å²) in [6, 6.07) is 7.20. The third kappa shape index (κ3) is 1.82. The molecule has 1 aromatic heterocycles. The Morgan fingerprint density at radius 2 is 1.94 bits per heavy atom. The molecule has 1 heterocycles. The Hall–Kier alpha value is -1.74. The fourth-order valence-electron chi connectivity index (χ4n) is 1.65. The summed E-state index contributed by atoms with van der Waals surface area (Å²) in [5.41, 5.74) is 1.64. The van der Waals surface area contributed by atoms with Gasteiger partial charge in [0, 0.05) is 35.6 Å². The van der Waals surface area contributed by atoms with Crippen molar-refractivity contribution in [2.24, 2.45) is 7.05 Å². The van der Waals surface area contributed by atoms with Crippen molar-refractivity contribution in [2.75, 3.05) is 0 Å². The van der Waals surface area contributed by atoms with E-state index in [2.05, 4.69) is 0 Å². The molecule has 0 atom stereocenters. The van der Waals surface area contributed by atoms with Crippen LogP contribution in [0.15, 0.2) is 36.7 Å². The van der Waals surface area contributed by atoms with Gasteiger partial charge in [0.1, 0.15) is 0 Å². The molecule has 0 spiro atoms. The smallest absolute Gasteiger partial charge is 0.337 e. The molecule has 0 aliphatic rings. The summed E-state index contributed by atoms with van der Waals surface area (Å²) in [7, 11) is 1.78. The van der Waals surface area contributed by atoms with Crippen LogP contribution in [0.3, 0.4) is 0 Å². The number of hydrogen-bond donors (Lipinski definition) is 1. The Morgan fingerprint density at radius 3 is 2.56 bits per heavy atom. The maximum absolute atomic E-state index is 11.1. The minimum absolute atomic E-state index is 0.260. The molecular weight excluding hydrogens is 226 g/mol. The van der Waals surface area contributed by atoms with E-state index in [1.54, 1.807) is 30.1 Å². The number of carboxylic acid groups (broad SMARTS) is 1. The highest BCUT2D eigenvalue weighted by Crippen LogP contribution is 2.30. The second kappa shape index (κ2) is 4.02. The Kier molecular flexibility index (Phi) is 2.71. The van der Waals surface area contributed by atoms with E-state index in [0.717, 1.165) is 5.56 Å². The van der Waals surface area contributed by atoms with Crippen LogP contribution < -0.4 is 0 Å². The third-order valence-electron chi connectivity index (χ3n) is 2.35. The van der Waals surface area contributed by atoms with Gasteiger partial charge in [0.05, 0.1) is 5.56 Å². The minimum Gasteiger partial charge on any atom is -0.478 e. The predicted octanol–water partition coefficient (Wildman–Crippen LogP) is 3.04. The van der Waals surface area contributed by atoms with Crippen molar-refractivity contribution in [3.8, 4) is 11.1 Å². The number of aromatic nitrogens is 1. The molecule has 0 fully saturated rings. The summed E-state index contributed by atoms with van der Waals surface area (Å²) in [6.45, 7) is 0. The van der Waals surface area contributed by atoms with E-state index in [9.17, 15) is 4.79 Å². The number of carbonyl (C=O) groups is 1. The standard InChI is InChI=1S/C12H10ClNO2/c1-14-6-9(10(7-14)12(15)16)8-4-2-3-5-11(8)13/h2-7H,1H3,(H,15,16). The van der Waals surface area contributed by atoms with E-state index in [-0.39, 0.29) is 5.56 Å². The van der Waals surface area contributed by atoms with Crippen molar-refractivity contribution in [2.45, 2.75) is 0 Å². The van der Waals surface area contributed by atoms with E-state index < -0.39 is 5.97 Å². The van der Waals surface area contributed by atoms with E-state index in [4.69, 9.17) is 16.7 Å². The lowest BCUT2D eigenvalue weighted by molar-refractivity contribution is 0.0697. The van der Waals surface area contributed by atoms with Crippen LogP contribution in [0.25, 0.3) is 11.1 Å². The van der Waals surface area contributed by atoms with Crippen LogP contribution in [0.5, 0.6) is 0 Å². The van der Waals surface area contributed by atoms with Gasteiger partial charge >= 0.3 is 5.97 Å². The molecule has 0 saturated carbocycles. The first kappa shape index (κ1) is 10.8. The first-order valence-corrected chi connectivity index (χ1v) is 5.11. The van der Waals surface area contributed by atoms with Gasteiger partial charge in [-0.2, -0.15) is 0 Å². The van der Waals surface area contributed by atoms with Crippen molar-refractivity contribution in [3.05, 3.63) is 47.2 Å². The molecule has 0 aliphatic carbocycles. The Labute approximate surface area is 97.9 Å². The normalized spacial score (nSPS) is 10.4. The highest BCUT2D eigenvalue weighted by Gasteiger charge is 2.15. The molecule has 2 aromatic rings. The van der Waals surface area contributed by atoms with Crippen LogP contribution in [-0.4, -0.2) is 15.6 Å². The zero-order valence-electron chi connectivity index (χ0n) is 8.64. The summed E-state index contributed by atoms with van der Waals surface area (Å²) in [5, 5.41) is 9.63. The monoisotopic (exact) mass is 235 g/mol. The van der Waals surface area contributed by atoms with Crippen LogP contribution >= 0.6 is 11.6 Å². The average molecular weight is 236 g/mol. The van der Waals surface area contributed by atoms with Gasteiger partial charge in [0.15, 0.2) is 0 Å². The van der Waals surface area contributed by atoms with Crippen LogP contribution in [0.2, 0.25) is 5.02 Å². The van der Waals surface area contributed by atoms with E-state index in [0.29, 0.717) is 10.6 Å². The van der Waals surface area contributed by atoms with Crippen molar-refractivity contribution >= 4 is 17.6 Å². The van der Waals surface area contributed by atoms with Gasteiger partial charge in [-0.3, -0.25) is 0 Å². The molecule has 3 nitrogen and oxygen atoms in total. The molecule has 1 aromatic carbocycles. The summed E-state index contributed by atoms with van der Waals surface area (Å²) in [5.74, 6) is -0.949. The number of hydrogen-bond acceptors (Lipinski definition) is 1. The largest absolute Gasteiger partial charge is 0.478 e. The number of aromatic carboxylic acids is 1.